The molecule has 2 rings (SSSR count). The molecule has 0 saturated heterocycles. The van der Waals surface area contributed by atoms with Gasteiger partial charge in [-0.15, -0.1) is 24.0 Å². The number of nitrogens with one attached hydrogen (secondary N) is 2. The van der Waals surface area contributed by atoms with Crippen LogP contribution in [0.2, 0.25) is 0 Å². The standard InChI is InChI=1S/C18H21F2N3O2.HI/c1-21-18(22-10-9-13-14(19)5-4-6-15(13)20)23-12-7-8-16(24-2)17(11-12)25-3;/h4-8,11H,9-10H2,1-3H3,(H2,21,22,23);1H. The fraction of sp³-hybridized carbons (Fsp3) is 0.278. The van der Waals surface area contributed by atoms with Crippen molar-refractivity contribution in [2.24, 2.45) is 4.99 Å². The summed E-state index contributed by atoms with van der Waals surface area (Å²) in [6, 6.07) is 9.18. The van der Waals surface area contributed by atoms with Gasteiger partial charge in [-0.3, -0.25) is 4.99 Å². The molecule has 5 nitrogen and oxygen atoms in total. The number of benzene rings is 2. The first kappa shape index (κ1) is 21.9. The summed E-state index contributed by atoms with van der Waals surface area (Å²) in [4.78, 5) is 4.09. The lowest BCUT2D eigenvalue weighted by Crippen LogP contribution is -2.32. The van der Waals surface area contributed by atoms with E-state index in [9.17, 15) is 8.78 Å². The average Bonchev–Trinajstić information content (AvgIpc) is 2.62. The lowest BCUT2D eigenvalue weighted by Gasteiger charge is -2.14. The molecule has 0 spiro atoms. The van der Waals surface area contributed by atoms with E-state index in [-0.39, 0.29) is 36.0 Å². The van der Waals surface area contributed by atoms with Gasteiger partial charge in [-0.1, -0.05) is 6.07 Å². The monoisotopic (exact) mass is 477 g/mol. The zero-order chi connectivity index (χ0) is 18.2. The smallest absolute Gasteiger partial charge is 0.195 e. The van der Waals surface area contributed by atoms with E-state index in [0.717, 1.165) is 5.69 Å². The van der Waals surface area contributed by atoms with Crippen LogP contribution in [0.5, 0.6) is 11.5 Å². The fourth-order valence-electron chi connectivity index (χ4n) is 2.31. The van der Waals surface area contributed by atoms with Crippen LogP contribution in [0.1, 0.15) is 5.56 Å². The molecule has 0 aliphatic heterocycles. The molecule has 0 amide bonds. The number of nitrogens with zero attached hydrogens (tertiary/aromatic N) is 1. The van der Waals surface area contributed by atoms with Gasteiger partial charge in [0, 0.05) is 30.9 Å². The third-order valence-corrected chi connectivity index (χ3v) is 3.60. The predicted molar refractivity (Wildman–Crippen MR) is 110 cm³/mol. The van der Waals surface area contributed by atoms with E-state index in [1.165, 1.54) is 18.2 Å². The Morgan fingerprint density at radius 1 is 1.04 bits per heavy atom. The van der Waals surface area contributed by atoms with E-state index in [4.69, 9.17) is 9.47 Å². The summed E-state index contributed by atoms with van der Waals surface area (Å²) >= 11 is 0. The molecule has 8 heteroatoms. The van der Waals surface area contributed by atoms with Gasteiger partial charge in [0.1, 0.15) is 11.6 Å². The molecule has 0 aliphatic rings. The van der Waals surface area contributed by atoms with Crippen LogP contribution in [0.3, 0.4) is 0 Å². The number of rotatable bonds is 6. The van der Waals surface area contributed by atoms with Crippen molar-refractivity contribution in [1.29, 1.82) is 0 Å². The van der Waals surface area contributed by atoms with E-state index in [1.54, 1.807) is 33.4 Å². The van der Waals surface area contributed by atoms with Crippen LogP contribution >= 0.6 is 24.0 Å². The largest absolute Gasteiger partial charge is 0.493 e. The van der Waals surface area contributed by atoms with Crippen molar-refractivity contribution in [3.63, 3.8) is 0 Å². The van der Waals surface area contributed by atoms with E-state index in [1.807, 2.05) is 6.07 Å². The van der Waals surface area contributed by atoms with Crippen molar-refractivity contribution in [2.45, 2.75) is 6.42 Å². The number of ether oxygens (including phenoxy) is 2. The number of methoxy groups -OCH3 is 2. The Labute approximate surface area is 168 Å². The van der Waals surface area contributed by atoms with E-state index in [0.29, 0.717) is 24.0 Å². The summed E-state index contributed by atoms with van der Waals surface area (Å²) in [6.07, 6.45) is 0.200. The molecule has 2 N–H and O–H groups in total. The predicted octanol–water partition coefficient (Wildman–Crippen LogP) is 3.83. The first-order valence-corrected chi connectivity index (χ1v) is 7.71. The quantitative estimate of drug-likeness (QED) is 0.378. The molecule has 0 aromatic heterocycles. The lowest BCUT2D eigenvalue weighted by molar-refractivity contribution is 0.355. The van der Waals surface area contributed by atoms with Crippen molar-refractivity contribution in [3.8, 4) is 11.5 Å². The zero-order valence-electron chi connectivity index (χ0n) is 14.8. The normalized spacial score (nSPS) is 10.7. The summed E-state index contributed by atoms with van der Waals surface area (Å²) < 4.78 is 37.7. The van der Waals surface area contributed by atoms with Crippen LogP contribution < -0.4 is 20.1 Å². The number of halogens is 3. The van der Waals surface area contributed by atoms with E-state index in [2.05, 4.69) is 15.6 Å². The highest BCUT2D eigenvalue weighted by Crippen LogP contribution is 2.29. The number of aliphatic imine (C=N–C) groups is 1. The van der Waals surface area contributed by atoms with Crippen molar-refractivity contribution >= 4 is 35.6 Å². The van der Waals surface area contributed by atoms with Crippen LogP contribution in [0.25, 0.3) is 0 Å². The number of hydrogen-bond donors (Lipinski definition) is 2. The molecular formula is C18H22F2IN3O2. The second-order valence-electron chi connectivity index (χ2n) is 5.14. The SMILES string of the molecule is CN=C(NCCc1c(F)cccc1F)Nc1ccc(OC)c(OC)c1.I. The molecule has 0 saturated carbocycles. The second-order valence-corrected chi connectivity index (χ2v) is 5.14. The van der Waals surface area contributed by atoms with E-state index < -0.39 is 11.6 Å². The van der Waals surface area contributed by atoms with Crippen LogP contribution in [-0.2, 0) is 6.42 Å². The summed E-state index contributed by atoms with van der Waals surface area (Å²) in [5.41, 5.74) is 0.791. The Kier molecular flexibility index (Phi) is 9.11. The Hall–Kier alpha value is -2.10. The Morgan fingerprint density at radius 3 is 2.27 bits per heavy atom. The number of hydrogen-bond acceptors (Lipinski definition) is 3. The maximum Gasteiger partial charge on any atom is 0.195 e. The van der Waals surface area contributed by atoms with Gasteiger partial charge in [-0.25, -0.2) is 8.78 Å². The Bertz CT molecular complexity index is 737. The van der Waals surface area contributed by atoms with Gasteiger partial charge >= 0.3 is 0 Å². The Morgan fingerprint density at radius 2 is 1.69 bits per heavy atom. The molecule has 0 heterocycles. The summed E-state index contributed by atoms with van der Waals surface area (Å²) in [6.45, 7) is 0.324. The van der Waals surface area contributed by atoms with Gasteiger partial charge in [-0.05, 0) is 30.7 Å². The minimum atomic E-state index is -0.551. The van der Waals surface area contributed by atoms with E-state index >= 15 is 0 Å². The minimum Gasteiger partial charge on any atom is -0.493 e. The molecule has 26 heavy (non-hydrogen) atoms. The van der Waals surface area contributed by atoms with Gasteiger partial charge < -0.3 is 20.1 Å². The zero-order valence-corrected chi connectivity index (χ0v) is 17.1. The molecule has 0 bridgehead atoms. The van der Waals surface area contributed by atoms with Gasteiger partial charge in [0.15, 0.2) is 17.5 Å². The van der Waals surface area contributed by atoms with Crippen LogP contribution in [0, 0.1) is 11.6 Å². The Balaban J connectivity index is 0.00000338. The van der Waals surface area contributed by atoms with Crippen molar-refractivity contribution < 1.29 is 18.3 Å². The molecular weight excluding hydrogens is 455 g/mol. The summed E-state index contributed by atoms with van der Waals surface area (Å²) in [5, 5.41) is 6.11. The average molecular weight is 477 g/mol. The molecule has 0 aliphatic carbocycles. The number of anilines is 1. The molecule has 0 fully saturated rings. The maximum absolute atomic E-state index is 13.6. The molecule has 2 aromatic rings. The first-order chi connectivity index (χ1) is 12.1. The molecule has 142 valence electrons. The highest BCUT2D eigenvalue weighted by molar-refractivity contribution is 14.0. The van der Waals surface area contributed by atoms with Crippen LogP contribution in [0.4, 0.5) is 14.5 Å². The minimum absolute atomic E-state index is 0. The van der Waals surface area contributed by atoms with Crippen molar-refractivity contribution in [3.05, 3.63) is 53.6 Å². The van der Waals surface area contributed by atoms with Gasteiger partial charge in [-0.2, -0.15) is 0 Å². The van der Waals surface area contributed by atoms with Crippen molar-refractivity contribution in [1.82, 2.24) is 5.32 Å². The van der Waals surface area contributed by atoms with Crippen LogP contribution in [-0.4, -0.2) is 33.8 Å². The first-order valence-electron chi connectivity index (χ1n) is 7.71. The van der Waals surface area contributed by atoms with Gasteiger partial charge in [0.25, 0.3) is 0 Å². The molecule has 0 atom stereocenters. The molecule has 0 unspecified atom stereocenters. The molecule has 0 radical (unpaired) electrons. The van der Waals surface area contributed by atoms with Gasteiger partial charge in [0.2, 0.25) is 0 Å². The highest BCUT2D eigenvalue weighted by atomic mass is 127. The summed E-state index contributed by atoms with van der Waals surface area (Å²) in [7, 11) is 4.73. The topological polar surface area (TPSA) is 54.9 Å². The number of guanidine groups is 1. The third kappa shape index (κ3) is 5.72. The third-order valence-electron chi connectivity index (χ3n) is 3.60. The lowest BCUT2D eigenvalue weighted by atomic mass is 10.1. The summed E-state index contributed by atoms with van der Waals surface area (Å²) in [5.74, 6) is 0.570. The molecule has 2 aromatic carbocycles. The fourth-order valence-corrected chi connectivity index (χ4v) is 2.31. The second kappa shape index (κ2) is 10.8. The highest BCUT2D eigenvalue weighted by Gasteiger charge is 2.09. The van der Waals surface area contributed by atoms with Crippen LogP contribution in [0.15, 0.2) is 41.4 Å². The maximum atomic E-state index is 13.6. The van der Waals surface area contributed by atoms with Gasteiger partial charge in [0.05, 0.1) is 14.2 Å². The van der Waals surface area contributed by atoms with Crippen molar-refractivity contribution in [2.75, 3.05) is 33.1 Å².